The third kappa shape index (κ3) is 3.64. The van der Waals surface area contributed by atoms with Gasteiger partial charge >= 0.3 is 5.97 Å². The molecule has 3 rings (SSSR count). The maximum absolute atomic E-state index is 14.1. The molecule has 1 aromatic carbocycles. The van der Waals surface area contributed by atoms with Crippen LogP contribution in [0.4, 0.5) is 15.8 Å². The minimum atomic E-state index is -1.03. The SMILES string of the molecule is CC1(C)[C@H](C(=O)O)[C@H]1C(=O)Nc1ccc(F)c(C(=O)Nc2cccnc2)c1. The van der Waals surface area contributed by atoms with E-state index in [1.807, 2.05) is 0 Å². The number of carbonyl (C=O) groups is 3. The van der Waals surface area contributed by atoms with Crippen LogP contribution < -0.4 is 10.6 Å². The lowest BCUT2D eigenvalue weighted by Gasteiger charge is -2.10. The minimum Gasteiger partial charge on any atom is -0.481 e. The van der Waals surface area contributed by atoms with Gasteiger partial charge in [-0.15, -0.1) is 0 Å². The fraction of sp³-hybridized carbons (Fsp3) is 0.263. The Morgan fingerprint density at radius 1 is 1.11 bits per heavy atom. The van der Waals surface area contributed by atoms with Gasteiger partial charge in [-0.1, -0.05) is 13.8 Å². The Hall–Kier alpha value is -3.29. The van der Waals surface area contributed by atoms with Crippen LogP contribution in [0.5, 0.6) is 0 Å². The van der Waals surface area contributed by atoms with Gasteiger partial charge in [0.1, 0.15) is 5.82 Å². The van der Waals surface area contributed by atoms with Crippen LogP contribution in [-0.2, 0) is 9.59 Å². The maximum Gasteiger partial charge on any atom is 0.307 e. The van der Waals surface area contributed by atoms with E-state index in [1.54, 1.807) is 26.0 Å². The quantitative estimate of drug-likeness (QED) is 0.749. The molecule has 0 radical (unpaired) electrons. The van der Waals surface area contributed by atoms with Crippen LogP contribution in [0.3, 0.4) is 0 Å². The molecule has 2 amide bonds. The smallest absolute Gasteiger partial charge is 0.307 e. The summed E-state index contributed by atoms with van der Waals surface area (Å²) in [6.07, 6.45) is 2.96. The maximum atomic E-state index is 14.1. The highest BCUT2D eigenvalue weighted by molar-refractivity contribution is 6.06. The van der Waals surface area contributed by atoms with Crippen molar-refractivity contribution in [1.29, 1.82) is 0 Å². The number of nitrogens with zero attached hydrogens (tertiary/aromatic N) is 1. The summed E-state index contributed by atoms with van der Waals surface area (Å²) in [4.78, 5) is 39.8. The summed E-state index contributed by atoms with van der Waals surface area (Å²) in [6, 6.07) is 6.83. The zero-order chi connectivity index (χ0) is 19.8. The van der Waals surface area contributed by atoms with Gasteiger partial charge < -0.3 is 15.7 Å². The summed E-state index contributed by atoms with van der Waals surface area (Å²) in [5, 5.41) is 14.3. The van der Waals surface area contributed by atoms with Crippen molar-refractivity contribution in [2.45, 2.75) is 13.8 Å². The van der Waals surface area contributed by atoms with Crippen molar-refractivity contribution >= 4 is 29.2 Å². The summed E-state index contributed by atoms with van der Waals surface area (Å²) in [7, 11) is 0. The average molecular weight is 371 g/mol. The number of nitrogens with one attached hydrogen (secondary N) is 2. The number of amides is 2. The number of benzene rings is 1. The first-order valence-corrected chi connectivity index (χ1v) is 8.26. The van der Waals surface area contributed by atoms with Crippen LogP contribution in [0.1, 0.15) is 24.2 Å². The molecule has 2 atom stereocenters. The molecule has 2 aromatic rings. The predicted molar refractivity (Wildman–Crippen MR) is 95.6 cm³/mol. The standard InChI is InChI=1S/C19H18FN3O4/c1-19(2)14(15(19)18(26)27)17(25)22-10-5-6-13(20)12(8-10)16(24)23-11-4-3-7-21-9-11/h3-9,14-15H,1-2H3,(H,22,25)(H,23,24)(H,26,27)/t14-,15-/m0/s1. The Morgan fingerprint density at radius 3 is 2.44 bits per heavy atom. The molecule has 1 aliphatic carbocycles. The van der Waals surface area contributed by atoms with Gasteiger partial charge in [0.2, 0.25) is 5.91 Å². The third-order valence-corrected chi connectivity index (χ3v) is 4.77. The number of carboxylic acids is 1. The highest BCUT2D eigenvalue weighted by Crippen LogP contribution is 2.58. The van der Waals surface area contributed by atoms with E-state index in [0.717, 1.165) is 6.07 Å². The predicted octanol–water partition coefficient (Wildman–Crippen LogP) is 2.77. The molecule has 1 fully saturated rings. The van der Waals surface area contributed by atoms with Crippen LogP contribution in [0, 0.1) is 23.1 Å². The van der Waals surface area contributed by atoms with Crippen LogP contribution >= 0.6 is 0 Å². The molecule has 0 bridgehead atoms. The summed E-state index contributed by atoms with van der Waals surface area (Å²) in [5.41, 5.74) is -0.289. The second-order valence-corrected chi connectivity index (χ2v) is 6.99. The molecule has 27 heavy (non-hydrogen) atoms. The largest absolute Gasteiger partial charge is 0.481 e. The number of rotatable bonds is 5. The van der Waals surface area contributed by atoms with E-state index in [4.69, 9.17) is 0 Å². The molecule has 0 unspecified atom stereocenters. The lowest BCUT2D eigenvalue weighted by Crippen LogP contribution is -2.19. The zero-order valence-corrected chi connectivity index (χ0v) is 14.7. The summed E-state index contributed by atoms with van der Waals surface area (Å²) < 4.78 is 14.1. The Kier molecular flexibility index (Phi) is 4.65. The Labute approximate surface area is 154 Å². The van der Waals surface area contributed by atoms with Gasteiger partial charge in [-0.25, -0.2) is 4.39 Å². The molecular weight excluding hydrogens is 353 g/mol. The topological polar surface area (TPSA) is 108 Å². The molecule has 0 saturated heterocycles. The fourth-order valence-corrected chi connectivity index (χ4v) is 3.22. The van der Waals surface area contributed by atoms with Gasteiger partial charge in [0, 0.05) is 11.9 Å². The summed E-state index contributed by atoms with van der Waals surface area (Å²) in [6.45, 7) is 3.40. The van der Waals surface area contributed by atoms with Crippen LogP contribution in [-0.4, -0.2) is 27.9 Å². The van der Waals surface area contributed by atoms with E-state index in [9.17, 15) is 23.9 Å². The number of pyridine rings is 1. The van der Waals surface area contributed by atoms with E-state index in [-0.39, 0.29) is 11.3 Å². The van der Waals surface area contributed by atoms with Crippen molar-refractivity contribution in [2.75, 3.05) is 10.6 Å². The average Bonchev–Trinajstić information content (AvgIpc) is 3.20. The van der Waals surface area contributed by atoms with Crippen molar-refractivity contribution in [3.8, 4) is 0 Å². The highest BCUT2D eigenvalue weighted by Gasteiger charge is 2.65. The molecule has 1 heterocycles. The van der Waals surface area contributed by atoms with E-state index in [0.29, 0.717) is 5.69 Å². The van der Waals surface area contributed by atoms with Crippen LogP contribution in [0.15, 0.2) is 42.7 Å². The molecule has 1 aromatic heterocycles. The van der Waals surface area contributed by atoms with Crippen LogP contribution in [0.2, 0.25) is 0 Å². The molecule has 0 aliphatic heterocycles. The number of hydrogen-bond acceptors (Lipinski definition) is 4. The molecule has 0 spiro atoms. The Bertz CT molecular complexity index is 914. The van der Waals surface area contributed by atoms with Crippen molar-refractivity contribution < 1.29 is 23.9 Å². The minimum absolute atomic E-state index is 0.213. The van der Waals surface area contributed by atoms with Gasteiger partial charge in [0.05, 0.1) is 29.3 Å². The van der Waals surface area contributed by atoms with Gasteiger partial charge in [-0.2, -0.15) is 0 Å². The van der Waals surface area contributed by atoms with Crippen LogP contribution in [0.25, 0.3) is 0 Å². The second-order valence-electron chi connectivity index (χ2n) is 6.99. The zero-order valence-electron chi connectivity index (χ0n) is 14.7. The van der Waals surface area contributed by atoms with Gasteiger partial charge in [0.25, 0.3) is 5.91 Å². The van der Waals surface area contributed by atoms with Gasteiger partial charge in [-0.05, 0) is 35.7 Å². The Balaban J connectivity index is 1.75. The van der Waals surface area contributed by atoms with E-state index >= 15 is 0 Å². The highest BCUT2D eigenvalue weighted by atomic mass is 19.1. The number of halogens is 1. The first kappa shape index (κ1) is 18.5. The van der Waals surface area contributed by atoms with Gasteiger partial charge in [0.15, 0.2) is 0 Å². The summed E-state index contributed by atoms with van der Waals surface area (Å²) >= 11 is 0. The van der Waals surface area contributed by atoms with E-state index in [2.05, 4.69) is 15.6 Å². The molecule has 8 heteroatoms. The van der Waals surface area contributed by atoms with Crippen molar-refractivity contribution in [3.63, 3.8) is 0 Å². The first-order chi connectivity index (χ1) is 12.7. The third-order valence-electron chi connectivity index (χ3n) is 4.77. The van der Waals surface area contributed by atoms with E-state index in [1.165, 1.54) is 24.5 Å². The van der Waals surface area contributed by atoms with Crippen molar-refractivity contribution in [2.24, 2.45) is 17.3 Å². The number of carbonyl (C=O) groups excluding carboxylic acids is 2. The fourth-order valence-electron chi connectivity index (χ4n) is 3.22. The normalized spacial score (nSPS) is 19.8. The summed E-state index contributed by atoms with van der Waals surface area (Å²) in [5.74, 6) is -4.40. The Morgan fingerprint density at radius 2 is 1.85 bits per heavy atom. The number of carboxylic acid groups (broad SMARTS) is 1. The number of anilines is 2. The monoisotopic (exact) mass is 371 g/mol. The molecule has 1 aliphatic rings. The second kappa shape index (κ2) is 6.79. The molecule has 1 saturated carbocycles. The van der Waals surface area contributed by atoms with Crippen molar-refractivity contribution in [3.05, 3.63) is 54.1 Å². The number of aromatic nitrogens is 1. The number of hydrogen-bond donors (Lipinski definition) is 3. The molecule has 7 nitrogen and oxygen atoms in total. The molecule has 3 N–H and O–H groups in total. The van der Waals surface area contributed by atoms with E-state index < -0.39 is 40.9 Å². The first-order valence-electron chi connectivity index (χ1n) is 8.26. The number of aliphatic carboxylic acids is 1. The molecule has 140 valence electrons. The lowest BCUT2D eigenvalue weighted by molar-refractivity contribution is -0.140. The van der Waals surface area contributed by atoms with Gasteiger partial charge in [-0.3, -0.25) is 19.4 Å². The van der Waals surface area contributed by atoms with Crippen molar-refractivity contribution in [1.82, 2.24) is 4.98 Å². The molecular formula is C19H18FN3O4. The lowest BCUT2D eigenvalue weighted by atomic mass is 10.1.